The van der Waals surface area contributed by atoms with Crippen molar-refractivity contribution in [2.75, 3.05) is 19.0 Å². The van der Waals surface area contributed by atoms with Crippen LogP contribution in [0.15, 0.2) is 0 Å². The van der Waals surface area contributed by atoms with E-state index in [2.05, 4.69) is 20.0 Å². The summed E-state index contributed by atoms with van der Waals surface area (Å²) in [5, 5.41) is 4.02. The van der Waals surface area contributed by atoms with Crippen molar-refractivity contribution in [2.24, 2.45) is 0 Å². The summed E-state index contributed by atoms with van der Waals surface area (Å²) < 4.78 is 40.9. The Bertz CT molecular complexity index is 669. The number of nitrogens with one attached hydrogen (secondary N) is 1. The zero-order valence-electron chi connectivity index (χ0n) is 11.4. The quantitative estimate of drug-likeness (QED) is 0.940. The summed E-state index contributed by atoms with van der Waals surface area (Å²) in [4.78, 5) is 10.8. The van der Waals surface area contributed by atoms with E-state index in [9.17, 15) is 13.2 Å². The molecule has 4 nitrogen and oxygen atoms in total. The Morgan fingerprint density at radius 2 is 2.10 bits per heavy atom. The molecule has 2 aromatic heterocycles. The van der Waals surface area contributed by atoms with E-state index in [4.69, 9.17) is 0 Å². The van der Waals surface area contributed by atoms with Gasteiger partial charge in [0.15, 0.2) is 5.82 Å². The van der Waals surface area contributed by atoms with E-state index in [1.54, 1.807) is 18.4 Å². The van der Waals surface area contributed by atoms with Crippen molar-refractivity contribution >= 4 is 27.4 Å². The fourth-order valence-corrected chi connectivity index (χ4v) is 3.82. The van der Waals surface area contributed by atoms with Crippen LogP contribution < -0.4 is 5.32 Å². The predicted molar refractivity (Wildman–Crippen MR) is 74.7 cm³/mol. The molecule has 0 spiro atoms. The first-order chi connectivity index (χ1) is 9.98. The highest BCUT2D eigenvalue weighted by Gasteiger charge is 2.28. The lowest BCUT2D eigenvalue weighted by atomic mass is 10.2. The number of rotatable bonds is 4. The Labute approximate surface area is 123 Å². The van der Waals surface area contributed by atoms with Gasteiger partial charge in [0.05, 0.1) is 5.39 Å². The van der Waals surface area contributed by atoms with Crippen molar-refractivity contribution < 1.29 is 17.9 Å². The maximum Gasteiger partial charge on any atom is 0.411 e. The third-order valence-corrected chi connectivity index (χ3v) is 4.53. The Morgan fingerprint density at radius 3 is 2.81 bits per heavy atom. The molecule has 0 fully saturated rings. The van der Waals surface area contributed by atoms with Crippen LogP contribution in [0, 0.1) is 0 Å². The molecule has 3 rings (SSSR count). The van der Waals surface area contributed by atoms with Gasteiger partial charge in [0, 0.05) is 11.9 Å². The number of hydrogen-bond acceptors (Lipinski definition) is 5. The molecule has 0 atom stereocenters. The van der Waals surface area contributed by atoms with Gasteiger partial charge < -0.3 is 10.1 Å². The molecular weight excluding hydrogens is 303 g/mol. The first-order valence-corrected chi connectivity index (χ1v) is 7.43. The average molecular weight is 317 g/mol. The van der Waals surface area contributed by atoms with Gasteiger partial charge >= 0.3 is 6.18 Å². The van der Waals surface area contributed by atoms with Gasteiger partial charge in [0.1, 0.15) is 23.9 Å². The number of fused-ring (bicyclic) bond motifs is 3. The van der Waals surface area contributed by atoms with E-state index in [1.807, 2.05) is 0 Å². The van der Waals surface area contributed by atoms with E-state index < -0.39 is 12.8 Å². The molecule has 1 aliphatic rings. The highest BCUT2D eigenvalue weighted by Crippen LogP contribution is 2.39. The second-order valence-electron chi connectivity index (χ2n) is 4.88. The minimum Gasteiger partial charge on any atom is -0.372 e. The molecule has 1 aliphatic carbocycles. The first kappa shape index (κ1) is 14.5. The number of ether oxygens (including phenoxy) is 1. The molecule has 0 amide bonds. The Morgan fingerprint density at radius 1 is 1.29 bits per heavy atom. The third-order valence-electron chi connectivity index (χ3n) is 3.34. The van der Waals surface area contributed by atoms with E-state index >= 15 is 0 Å². The Kier molecular flexibility index (Phi) is 3.75. The zero-order chi connectivity index (χ0) is 15.0. The SMILES string of the molecule is CNc1nc(COCC(F)(F)F)nc2sc3c(c12)CCC3. The number of nitrogens with zero attached hydrogens (tertiary/aromatic N) is 2. The van der Waals surface area contributed by atoms with Crippen molar-refractivity contribution in [3.63, 3.8) is 0 Å². The second-order valence-corrected chi connectivity index (χ2v) is 5.97. The summed E-state index contributed by atoms with van der Waals surface area (Å²) in [6.07, 6.45) is -1.15. The molecule has 8 heteroatoms. The monoisotopic (exact) mass is 317 g/mol. The van der Waals surface area contributed by atoms with Crippen molar-refractivity contribution in [1.29, 1.82) is 0 Å². The van der Waals surface area contributed by atoms with Crippen molar-refractivity contribution in [3.05, 3.63) is 16.3 Å². The van der Waals surface area contributed by atoms with Crippen LogP contribution in [0.5, 0.6) is 0 Å². The molecule has 0 unspecified atom stereocenters. The fourth-order valence-electron chi connectivity index (χ4n) is 2.54. The summed E-state index contributed by atoms with van der Waals surface area (Å²) in [6, 6.07) is 0. The fraction of sp³-hybridized carbons (Fsp3) is 0.538. The number of halogens is 3. The molecular formula is C13H14F3N3OS. The summed E-state index contributed by atoms with van der Waals surface area (Å²) in [6.45, 7) is -1.53. The normalized spacial score (nSPS) is 14.7. The van der Waals surface area contributed by atoms with Gasteiger partial charge in [-0.15, -0.1) is 11.3 Å². The number of thiophene rings is 1. The molecule has 0 aliphatic heterocycles. The summed E-state index contributed by atoms with van der Waals surface area (Å²) in [7, 11) is 1.75. The van der Waals surface area contributed by atoms with Crippen LogP contribution in [-0.4, -0.2) is 29.8 Å². The molecule has 21 heavy (non-hydrogen) atoms. The van der Waals surface area contributed by atoms with E-state index in [0.717, 1.165) is 29.5 Å². The first-order valence-electron chi connectivity index (χ1n) is 6.61. The zero-order valence-corrected chi connectivity index (χ0v) is 12.2. The maximum atomic E-state index is 12.1. The van der Waals surface area contributed by atoms with Crippen LogP contribution in [0.3, 0.4) is 0 Å². The van der Waals surface area contributed by atoms with Gasteiger partial charge in [0.2, 0.25) is 0 Å². The molecule has 0 radical (unpaired) electrons. The molecule has 0 saturated heterocycles. The van der Waals surface area contributed by atoms with E-state index in [1.165, 1.54) is 10.4 Å². The van der Waals surface area contributed by atoms with Crippen LogP contribution in [0.2, 0.25) is 0 Å². The van der Waals surface area contributed by atoms with Crippen molar-refractivity contribution in [3.8, 4) is 0 Å². The number of alkyl halides is 3. The topological polar surface area (TPSA) is 47.0 Å². The Balaban J connectivity index is 1.88. The van der Waals surface area contributed by atoms with Crippen LogP contribution in [0.4, 0.5) is 19.0 Å². The van der Waals surface area contributed by atoms with Crippen molar-refractivity contribution in [2.45, 2.75) is 32.0 Å². The van der Waals surface area contributed by atoms with Gasteiger partial charge in [-0.25, -0.2) is 9.97 Å². The van der Waals surface area contributed by atoms with Crippen LogP contribution in [0.25, 0.3) is 10.2 Å². The number of aromatic nitrogens is 2. The van der Waals surface area contributed by atoms with Crippen LogP contribution >= 0.6 is 11.3 Å². The van der Waals surface area contributed by atoms with Gasteiger partial charge in [-0.05, 0) is 24.8 Å². The Hall–Kier alpha value is -1.41. The highest BCUT2D eigenvalue weighted by atomic mass is 32.1. The minimum atomic E-state index is -4.33. The molecule has 0 saturated carbocycles. The number of hydrogen-bond donors (Lipinski definition) is 1. The summed E-state index contributed by atoms with van der Waals surface area (Å²) >= 11 is 1.60. The van der Waals surface area contributed by atoms with Crippen LogP contribution in [-0.2, 0) is 24.2 Å². The third kappa shape index (κ3) is 2.96. The number of anilines is 1. The molecule has 114 valence electrons. The largest absolute Gasteiger partial charge is 0.411 e. The maximum absolute atomic E-state index is 12.1. The smallest absolute Gasteiger partial charge is 0.372 e. The molecule has 1 N–H and O–H groups in total. The second kappa shape index (κ2) is 5.42. The van der Waals surface area contributed by atoms with E-state index in [0.29, 0.717) is 5.82 Å². The van der Waals surface area contributed by atoms with Gasteiger partial charge in [-0.2, -0.15) is 13.2 Å². The molecule has 2 aromatic rings. The highest BCUT2D eigenvalue weighted by molar-refractivity contribution is 7.19. The standard InChI is InChI=1S/C13H14F3N3OS/c1-17-11-10-7-3-2-4-8(7)21-12(10)19-9(18-11)5-20-6-13(14,15)16/h2-6H2,1H3,(H,17,18,19). The predicted octanol–water partition coefficient (Wildman–Crippen LogP) is 3.30. The summed E-state index contributed by atoms with van der Waals surface area (Å²) in [5.74, 6) is 0.945. The lowest BCUT2D eigenvalue weighted by Gasteiger charge is -2.09. The lowest BCUT2D eigenvalue weighted by Crippen LogP contribution is -2.17. The lowest BCUT2D eigenvalue weighted by molar-refractivity contribution is -0.177. The van der Waals surface area contributed by atoms with Gasteiger partial charge in [-0.3, -0.25) is 0 Å². The van der Waals surface area contributed by atoms with E-state index in [-0.39, 0.29) is 12.4 Å². The molecule has 0 aromatic carbocycles. The van der Waals surface area contributed by atoms with Gasteiger partial charge in [0.25, 0.3) is 0 Å². The number of aryl methyl sites for hydroxylation is 2. The minimum absolute atomic E-state index is 0.243. The molecule has 2 heterocycles. The van der Waals surface area contributed by atoms with Crippen molar-refractivity contribution in [1.82, 2.24) is 9.97 Å². The van der Waals surface area contributed by atoms with Gasteiger partial charge in [-0.1, -0.05) is 0 Å². The van der Waals surface area contributed by atoms with Crippen LogP contribution in [0.1, 0.15) is 22.7 Å². The summed E-state index contributed by atoms with van der Waals surface area (Å²) in [5.41, 5.74) is 1.28. The molecule has 0 bridgehead atoms. The average Bonchev–Trinajstić information content (AvgIpc) is 2.96.